The molecule has 0 bridgehead atoms. The zero-order chi connectivity index (χ0) is 32.0. The van der Waals surface area contributed by atoms with E-state index in [-0.39, 0.29) is 7.43 Å². The molecule has 0 spiro atoms. The Hall–Kier alpha value is 0. The summed E-state index contributed by atoms with van der Waals surface area (Å²) in [6.07, 6.45) is 35.6. The fraction of sp³-hybridized carbons (Fsp3) is 1.00. The van der Waals surface area contributed by atoms with Crippen LogP contribution >= 0.6 is 0 Å². The summed E-state index contributed by atoms with van der Waals surface area (Å²) in [4.78, 5) is 0. The van der Waals surface area contributed by atoms with E-state index >= 15 is 0 Å². The predicted molar refractivity (Wildman–Crippen MR) is 204 cm³/mol. The van der Waals surface area contributed by atoms with Crippen LogP contribution in [0.4, 0.5) is 0 Å². The van der Waals surface area contributed by atoms with Crippen LogP contribution in [0.2, 0.25) is 0 Å². The van der Waals surface area contributed by atoms with Crippen molar-refractivity contribution < 1.29 is 0 Å². The molecule has 0 aromatic heterocycles. The Labute approximate surface area is 274 Å². The fourth-order valence-electron chi connectivity index (χ4n) is 6.54. The molecule has 0 saturated heterocycles. The molecule has 262 valence electrons. The summed E-state index contributed by atoms with van der Waals surface area (Å²) in [6.45, 7) is 27.3. The molecule has 0 aliphatic heterocycles. The average molecular weight is 599 g/mol. The third kappa shape index (κ3) is 40.0. The molecule has 0 saturated carbocycles. The number of hydrogen-bond acceptors (Lipinski definition) is 0. The maximum atomic E-state index is 2.40. The van der Waals surface area contributed by atoms with Gasteiger partial charge in [0.2, 0.25) is 0 Å². The topological polar surface area (TPSA) is 0 Å². The van der Waals surface area contributed by atoms with E-state index in [0.717, 1.165) is 23.7 Å². The normalized spacial score (nSPS) is 11.2. The molecule has 0 N–H and O–H groups in total. The van der Waals surface area contributed by atoms with Crippen molar-refractivity contribution in [2.45, 2.75) is 251 Å². The minimum Gasteiger partial charge on any atom is -0.0776 e. The summed E-state index contributed by atoms with van der Waals surface area (Å²) in [5.74, 6) is 3.98. The van der Waals surface area contributed by atoms with Gasteiger partial charge in [-0.3, -0.25) is 0 Å². The van der Waals surface area contributed by atoms with Gasteiger partial charge in [0.15, 0.2) is 0 Å². The number of hydrogen-bond donors (Lipinski definition) is 0. The lowest BCUT2D eigenvalue weighted by atomic mass is 9.72. The molecule has 0 amide bonds. The maximum Gasteiger partial charge on any atom is -0.0381 e. The van der Waals surface area contributed by atoms with E-state index in [1.165, 1.54) is 161 Å². The standard InChI is InChI=1S/C25H52.2C7H16.C2H6.CH4/c1-7-13-19-24(18-12-6)25(20-22(14-8-2)15-9-3)21-23(16-10-4)17-11-5;2*1-3-5-7-6-4-2;1-2;/h22-25H,7-21H2,1-6H3;2*3-7H2,1-2H3;1-2H3;1H4. The molecule has 0 fully saturated rings. The molecule has 0 nitrogen and oxygen atoms in total. The molecule has 1 unspecified atom stereocenters. The molecular weight excluding hydrogens is 504 g/mol. The van der Waals surface area contributed by atoms with E-state index in [9.17, 15) is 0 Å². The van der Waals surface area contributed by atoms with Crippen molar-refractivity contribution in [1.82, 2.24) is 0 Å². The van der Waals surface area contributed by atoms with Crippen LogP contribution in [-0.2, 0) is 0 Å². The van der Waals surface area contributed by atoms with Gasteiger partial charge in [0.25, 0.3) is 0 Å². The molecule has 0 aliphatic rings. The highest BCUT2D eigenvalue weighted by Gasteiger charge is 2.26. The SMILES string of the molecule is C.CC.CCCCC(CCC)C(CC(CCC)CCC)CC(CCC)CCC.CCCCCCC.CCCCCCC. The van der Waals surface area contributed by atoms with Crippen LogP contribution < -0.4 is 0 Å². The first-order valence-corrected chi connectivity index (χ1v) is 20.0. The first-order valence-electron chi connectivity index (χ1n) is 20.0. The second-order valence-corrected chi connectivity index (χ2v) is 12.9. The van der Waals surface area contributed by atoms with E-state index in [1.807, 2.05) is 13.8 Å². The van der Waals surface area contributed by atoms with Gasteiger partial charge in [-0.15, -0.1) is 0 Å². The van der Waals surface area contributed by atoms with Gasteiger partial charge >= 0.3 is 0 Å². The van der Waals surface area contributed by atoms with Crippen LogP contribution in [0, 0.1) is 23.7 Å². The fourth-order valence-corrected chi connectivity index (χ4v) is 6.54. The smallest absolute Gasteiger partial charge is 0.0381 e. The van der Waals surface area contributed by atoms with Crippen LogP contribution in [0.1, 0.15) is 251 Å². The summed E-state index contributed by atoms with van der Waals surface area (Å²) in [5, 5.41) is 0. The molecule has 0 rings (SSSR count). The summed E-state index contributed by atoms with van der Waals surface area (Å²) < 4.78 is 0. The van der Waals surface area contributed by atoms with Crippen molar-refractivity contribution >= 4 is 0 Å². The molecular formula is C42H94. The van der Waals surface area contributed by atoms with E-state index in [0.29, 0.717) is 0 Å². The Balaban J connectivity index is -0.000000219. The molecule has 0 heterocycles. The molecule has 0 radical (unpaired) electrons. The van der Waals surface area contributed by atoms with E-state index in [2.05, 4.69) is 69.2 Å². The quantitative estimate of drug-likeness (QED) is 0.0869. The lowest BCUT2D eigenvalue weighted by Crippen LogP contribution is -2.22. The molecule has 1 atom stereocenters. The molecule has 0 aliphatic carbocycles. The van der Waals surface area contributed by atoms with Crippen molar-refractivity contribution in [3.05, 3.63) is 0 Å². The first kappa shape index (κ1) is 51.6. The largest absolute Gasteiger partial charge is 0.0776 e. The van der Waals surface area contributed by atoms with Gasteiger partial charge in [0, 0.05) is 0 Å². The third-order valence-corrected chi connectivity index (χ3v) is 8.73. The van der Waals surface area contributed by atoms with E-state index < -0.39 is 0 Å². The lowest BCUT2D eigenvalue weighted by molar-refractivity contribution is 0.178. The highest BCUT2D eigenvalue weighted by molar-refractivity contribution is 4.77. The Bertz CT molecular complexity index is 337. The summed E-state index contributed by atoms with van der Waals surface area (Å²) in [6, 6.07) is 0. The highest BCUT2D eigenvalue weighted by atomic mass is 14.3. The monoisotopic (exact) mass is 599 g/mol. The average Bonchev–Trinajstić information content (AvgIpc) is 2.98. The van der Waals surface area contributed by atoms with Gasteiger partial charge in [-0.1, -0.05) is 238 Å². The zero-order valence-corrected chi connectivity index (χ0v) is 32.0. The minimum absolute atomic E-state index is 0. The Kier molecular flexibility index (Phi) is 58.8. The summed E-state index contributed by atoms with van der Waals surface area (Å²) >= 11 is 0. The second-order valence-electron chi connectivity index (χ2n) is 12.9. The van der Waals surface area contributed by atoms with Crippen LogP contribution in [0.25, 0.3) is 0 Å². The predicted octanol–water partition coefficient (Wildman–Crippen LogP) is 17.0. The molecule has 42 heavy (non-hydrogen) atoms. The Morgan fingerprint density at radius 3 is 0.810 bits per heavy atom. The van der Waals surface area contributed by atoms with Crippen molar-refractivity contribution in [3.63, 3.8) is 0 Å². The van der Waals surface area contributed by atoms with Gasteiger partial charge < -0.3 is 0 Å². The second kappa shape index (κ2) is 47.9. The van der Waals surface area contributed by atoms with E-state index in [4.69, 9.17) is 0 Å². The van der Waals surface area contributed by atoms with Crippen LogP contribution in [0.3, 0.4) is 0 Å². The van der Waals surface area contributed by atoms with Gasteiger partial charge in [0.05, 0.1) is 0 Å². The Morgan fingerprint density at radius 2 is 0.571 bits per heavy atom. The van der Waals surface area contributed by atoms with Crippen molar-refractivity contribution in [2.75, 3.05) is 0 Å². The zero-order valence-electron chi connectivity index (χ0n) is 32.0. The van der Waals surface area contributed by atoms with Crippen molar-refractivity contribution in [2.24, 2.45) is 23.7 Å². The van der Waals surface area contributed by atoms with Crippen LogP contribution in [0.15, 0.2) is 0 Å². The number of unbranched alkanes of at least 4 members (excludes halogenated alkanes) is 9. The van der Waals surface area contributed by atoms with Gasteiger partial charge in [0.1, 0.15) is 0 Å². The van der Waals surface area contributed by atoms with Crippen LogP contribution in [0.5, 0.6) is 0 Å². The first-order chi connectivity index (χ1) is 20.0. The van der Waals surface area contributed by atoms with Gasteiger partial charge in [-0.25, -0.2) is 0 Å². The van der Waals surface area contributed by atoms with Gasteiger partial charge in [-0.05, 0) is 36.5 Å². The molecule has 0 aromatic rings. The molecule has 0 heteroatoms. The molecule has 0 aromatic carbocycles. The minimum atomic E-state index is 0. The third-order valence-electron chi connectivity index (χ3n) is 8.73. The van der Waals surface area contributed by atoms with Crippen molar-refractivity contribution in [1.29, 1.82) is 0 Å². The summed E-state index contributed by atoms with van der Waals surface area (Å²) in [5.41, 5.74) is 0. The van der Waals surface area contributed by atoms with E-state index in [1.54, 1.807) is 0 Å². The summed E-state index contributed by atoms with van der Waals surface area (Å²) in [7, 11) is 0. The van der Waals surface area contributed by atoms with Gasteiger partial charge in [-0.2, -0.15) is 0 Å². The van der Waals surface area contributed by atoms with Crippen molar-refractivity contribution in [3.8, 4) is 0 Å². The Morgan fingerprint density at radius 1 is 0.286 bits per heavy atom. The lowest BCUT2D eigenvalue weighted by Gasteiger charge is -2.33. The number of rotatable bonds is 26. The highest BCUT2D eigenvalue weighted by Crippen LogP contribution is 2.38. The van der Waals surface area contributed by atoms with Crippen LogP contribution in [-0.4, -0.2) is 0 Å². The maximum absolute atomic E-state index is 2.40.